The smallest absolute Gasteiger partial charge is 0.217 e. The molecule has 0 radical (unpaired) electrons. The van der Waals surface area contributed by atoms with Crippen LogP contribution in [0.1, 0.15) is 20.8 Å². The van der Waals surface area contributed by atoms with E-state index in [1.807, 2.05) is 0 Å². The Labute approximate surface area is 492 Å². The third-order valence-corrected chi connectivity index (χ3v) is 15.8. The zero-order chi connectivity index (χ0) is 64.2. The van der Waals surface area contributed by atoms with E-state index < -0.39 is 279 Å². The predicted octanol–water partition coefficient (Wildman–Crippen LogP) is -15.8. The SMILES string of the molecule is CC(=O)N[C@H]1[C@H](O[C@H]2[C@@H](O)[C@@H](CO)OC(O[C@H]3[C@H](O)[C@@H](NC(C)=O)[C@H](O[C@H]4[C@@H](O)[C@@H](CO)OC(O[C@H]5[C@@H](O)[C@@H](CO)OC(O)[C@@H]5NC(C)=O)[C@@H]4O)O[C@@H]3CO)[C@@H]2O)O[C@H](CO)[C@@H](OC2O[C@H](CO)[C@H](O)[C@H](OC3O[C@H](CO)[C@H](O)[C@H](O)[C@H]3O)[C@H]2O)[C@@H]1O. The van der Waals surface area contributed by atoms with Crippen molar-refractivity contribution in [3.05, 3.63) is 0 Å². The van der Waals surface area contributed by atoms with Gasteiger partial charge in [-0.15, -0.1) is 0 Å². The molecule has 7 rings (SSSR count). The minimum atomic E-state index is -2.29. The summed E-state index contributed by atoms with van der Waals surface area (Å²) in [4.78, 5) is 37.5. The van der Waals surface area contributed by atoms with Crippen LogP contribution in [0.5, 0.6) is 0 Å². The molecule has 5 unspecified atom stereocenters. The Kier molecular flexibility index (Phi) is 25.6. The average Bonchev–Trinajstić information content (AvgIpc) is 0.992. The minimum absolute atomic E-state index is 0.753. The molecule has 39 heteroatoms. The molecule has 7 aliphatic rings. The van der Waals surface area contributed by atoms with Crippen LogP contribution in [0.2, 0.25) is 0 Å². The van der Waals surface area contributed by atoms with Crippen molar-refractivity contribution in [2.45, 2.75) is 236 Å². The van der Waals surface area contributed by atoms with Crippen LogP contribution in [0.25, 0.3) is 0 Å². The second-order valence-electron chi connectivity index (χ2n) is 21.8. The Balaban J connectivity index is 1.08. The first kappa shape index (κ1) is 71.5. The molecule has 504 valence electrons. The molecular weight excluding hydrogens is 1190 g/mol. The highest BCUT2D eigenvalue weighted by molar-refractivity contribution is 5.74. The maximum atomic E-state index is 12.7. The van der Waals surface area contributed by atoms with Gasteiger partial charge in [0, 0.05) is 20.8 Å². The van der Waals surface area contributed by atoms with Crippen molar-refractivity contribution in [1.82, 2.24) is 16.0 Å². The fourth-order valence-corrected chi connectivity index (χ4v) is 11.2. The Morgan fingerprint density at radius 3 is 0.862 bits per heavy atom. The van der Waals surface area contributed by atoms with Crippen LogP contribution in [-0.4, -0.2) is 381 Å². The van der Waals surface area contributed by atoms with Crippen molar-refractivity contribution in [3.8, 4) is 0 Å². The number of carbonyl (C=O) groups is 3. The number of aliphatic hydroxyl groups excluding tert-OH is 20. The van der Waals surface area contributed by atoms with E-state index in [9.17, 15) is 117 Å². The van der Waals surface area contributed by atoms with E-state index in [4.69, 9.17) is 61.6 Å². The Bertz CT molecular complexity index is 2190. The average molecular weight is 1280 g/mol. The molecule has 0 aromatic heterocycles. The molecule has 7 fully saturated rings. The lowest BCUT2D eigenvalue weighted by Gasteiger charge is -2.51. The first-order valence-corrected chi connectivity index (χ1v) is 27.6. The quantitative estimate of drug-likeness (QED) is 0.0479. The van der Waals surface area contributed by atoms with Crippen molar-refractivity contribution in [2.24, 2.45) is 0 Å². The van der Waals surface area contributed by atoms with Crippen molar-refractivity contribution >= 4 is 17.7 Å². The number of aliphatic hydroxyl groups is 20. The third-order valence-electron chi connectivity index (χ3n) is 15.8. The van der Waals surface area contributed by atoms with Crippen molar-refractivity contribution in [2.75, 3.05) is 46.2 Å². The third kappa shape index (κ3) is 15.6. The molecule has 0 saturated carbocycles. The summed E-state index contributed by atoms with van der Waals surface area (Å²) in [6.45, 7) is -4.05. The molecule has 7 heterocycles. The van der Waals surface area contributed by atoms with Gasteiger partial charge in [-0.3, -0.25) is 14.4 Å². The normalized spacial score (nSPS) is 48.9. The minimum Gasteiger partial charge on any atom is -0.394 e. The molecule has 7 saturated heterocycles. The second kappa shape index (κ2) is 31.1. The number of carbonyl (C=O) groups excluding carboxylic acids is 3. The van der Waals surface area contributed by atoms with E-state index in [1.54, 1.807) is 0 Å². The van der Waals surface area contributed by atoms with Crippen molar-refractivity contribution in [1.29, 1.82) is 0 Å². The molecule has 7 aliphatic heterocycles. The highest BCUT2D eigenvalue weighted by Gasteiger charge is 2.59. The number of ether oxygens (including phenoxy) is 13. The Morgan fingerprint density at radius 1 is 0.276 bits per heavy atom. The molecule has 0 bridgehead atoms. The van der Waals surface area contributed by atoms with Gasteiger partial charge in [0.2, 0.25) is 17.7 Å². The molecule has 0 aliphatic carbocycles. The van der Waals surface area contributed by atoms with Crippen LogP contribution < -0.4 is 16.0 Å². The fraction of sp³-hybridized carbons (Fsp3) is 0.938. The van der Waals surface area contributed by atoms with Crippen LogP contribution in [0, 0.1) is 0 Å². The summed E-state index contributed by atoms with van der Waals surface area (Å²) in [6.07, 6.45) is -62.3. The Hall–Kier alpha value is -2.91. The molecule has 39 nitrogen and oxygen atoms in total. The lowest BCUT2D eigenvalue weighted by molar-refractivity contribution is -0.388. The van der Waals surface area contributed by atoms with Gasteiger partial charge in [0.1, 0.15) is 171 Å². The first-order valence-electron chi connectivity index (χ1n) is 27.6. The molecule has 0 aromatic carbocycles. The summed E-state index contributed by atoms with van der Waals surface area (Å²) in [7, 11) is 0. The standard InChI is InChI=1S/C48H81N3O36/c1-11(59)49-21-30(68)37(83-47-35(73)41(28(66)18(8-56)78-47)87-45-32(70)31(69)24(62)14(4-52)76-45)20(10-58)80-43(21)85-39-26(64)16(6-54)77-46(33(39)71)82-36-19(9-57)81-44(22(29(36)67)50-12(2)60)86-40-27(65)17(7-55)79-48(34(40)72)84-38-23(51-13(3)61)42(74)75-15(5-53)25(38)63/h14-48,52-58,62-74H,4-10H2,1-3H3,(H,49,59)(H,50,60)(H,51,61)/t14-,15-,16-,17-,18-,19-,20-,21-,22-,23-,24+,25+,26+,27+,28+,29-,30-,31+,32-,33-,34-,35-,36-,37-,38-,39+,40+,41+,42?,43+,44+,45?,46?,47?,48?/m1/s1. The van der Waals surface area contributed by atoms with Crippen molar-refractivity contribution in [3.63, 3.8) is 0 Å². The van der Waals surface area contributed by atoms with Gasteiger partial charge in [-0.2, -0.15) is 0 Å². The van der Waals surface area contributed by atoms with E-state index in [0.29, 0.717) is 0 Å². The summed E-state index contributed by atoms with van der Waals surface area (Å²) < 4.78 is 74.5. The molecule has 3 amide bonds. The lowest BCUT2D eigenvalue weighted by atomic mass is 9.93. The van der Waals surface area contributed by atoms with Gasteiger partial charge in [-0.25, -0.2) is 0 Å². The maximum absolute atomic E-state index is 12.7. The van der Waals surface area contributed by atoms with Gasteiger partial charge >= 0.3 is 0 Å². The molecule has 23 N–H and O–H groups in total. The van der Waals surface area contributed by atoms with Crippen LogP contribution in [0.15, 0.2) is 0 Å². The van der Waals surface area contributed by atoms with Gasteiger partial charge in [0.25, 0.3) is 0 Å². The summed E-state index contributed by atoms with van der Waals surface area (Å²) in [5, 5.41) is 224. The van der Waals surface area contributed by atoms with Crippen molar-refractivity contribution < 1.29 is 178 Å². The largest absolute Gasteiger partial charge is 0.394 e. The highest BCUT2D eigenvalue weighted by atomic mass is 16.8. The summed E-state index contributed by atoms with van der Waals surface area (Å²) in [5.41, 5.74) is 0. The van der Waals surface area contributed by atoms with Crippen LogP contribution in [-0.2, 0) is 76.0 Å². The number of hydrogen-bond donors (Lipinski definition) is 23. The van der Waals surface area contributed by atoms with Crippen LogP contribution >= 0.6 is 0 Å². The van der Waals surface area contributed by atoms with Crippen LogP contribution in [0.4, 0.5) is 0 Å². The van der Waals surface area contributed by atoms with Gasteiger partial charge in [-0.05, 0) is 0 Å². The number of amides is 3. The number of rotatable bonds is 22. The fourth-order valence-electron chi connectivity index (χ4n) is 11.2. The summed E-state index contributed by atoms with van der Waals surface area (Å²) in [6, 6.07) is -5.28. The zero-order valence-corrected chi connectivity index (χ0v) is 46.6. The van der Waals surface area contributed by atoms with Gasteiger partial charge in [0.15, 0.2) is 44.0 Å². The highest BCUT2D eigenvalue weighted by Crippen LogP contribution is 2.38. The maximum Gasteiger partial charge on any atom is 0.217 e. The summed E-state index contributed by atoms with van der Waals surface area (Å²) in [5.74, 6) is -2.54. The predicted molar refractivity (Wildman–Crippen MR) is 267 cm³/mol. The van der Waals surface area contributed by atoms with E-state index in [-0.39, 0.29) is 0 Å². The molecule has 35 atom stereocenters. The van der Waals surface area contributed by atoms with Crippen LogP contribution in [0.3, 0.4) is 0 Å². The van der Waals surface area contributed by atoms with Gasteiger partial charge < -0.3 is 180 Å². The molecule has 87 heavy (non-hydrogen) atoms. The van der Waals surface area contributed by atoms with Gasteiger partial charge in [0.05, 0.1) is 46.2 Å². The van der Waals surface area contributed by atoms with E-state index in [0.717, 1.165) is 20.8 Å². The van der Waals surface area contributed by atoms with E-state index in [2.05, 4.69) is 16.0 Å². The second-order valence-corrected chi connectivity index (χ2v) is 21.8. The first-order chi connectivity index (χ1) is 41.2. The number of hydrogen-bond acceptors (Lipinski definition) is 36. The summed E-state index contributed by atoms with van der Waals surface area (Å²) >= 11 is 0. The topological polar surface area (TPSA) is 612 Å². The molecular formula is C48H81N3O36. The van der Waals surface area contributed by atoms with E-state index >= 15 is 0 Å². The van der Waals surface area contributed by atoms with Gasteiger partial charge in [-0.1, -0.05) is 0 Å². The van der Waals surface area contributed by atoms with E-state index in [1.165, 1.54) is 0 Å². The zero-order valence-electron chi connectivity index (χ0n) is 46.6. The monoisotopic (exact) mass is 1280 g/mol. The lowest BCUT2D eigenvalue weighted by Crippen LogP contribution is -2.71. The molecule has 0 aromatic rings. The Morgan fingerprint density at radius 2 is 0.529 bits per heavy atom. The number of nitrogens with one attached hydrogen (secondary N) is 3. The molecule has 0 spiro atoms.